The van der Waals surface area contributed by atoms with Crippen LogP contribution in [0.2, 0.25) is 0 Å². The lowest BCUT2D eigenvalue weighted by molar-refractivity contribution is 0.622. The standard InChI is InChI=1S/C72H60F2N2/c1-43-17-21-47(5)57(37-43)53-29-35-67(61(41-53)59-39-45(3)19-23-49(59)7)75(69-15-11-9-13-63(69)73)65-33-27-51-26-32-56-66(34-28-52-25-31-55(65)71(51)72(52)56)76(70-16-12-10-14-64(70)74)68-36-30-54(58-38-44(2)18-22-48(58)6)42-62(68)60-40-46(4)20-24-50(60)8/h9-42,65,72H,1-8H3. The average Bonchev–Trinajstić information content (AvgIpc) is 3.48. The first-order chi connectivity index (χ1) is 36.8. The third kappa shape index (κ3) is 8.43. The second-order valence-corrected chi connectivity index (χ2v) is 21.2. The van der Waals surface area contributed by atoms with Crippen molar-refractivity contribution in [1.29, 1.82) is 0 Å². The number of rotatable bonds is 10. The minimum atomic E-state index is -0.401. The molecule has 0 amide bonds. The molecule has 0 aromatic heterocycles. The molecule has 0 saturated heterocycles. The average molecular weight is 991 g/mol. The highest BCUT2D eigenvalue weighted by Gasteiger charge is 2.41. The van der Waals surface area contributed by atoms with Crippen molar-refractivity contribution < 1.29 is 8.78 Å². The first-order valence-electron chi connectivity index (χ1n) is 26.4. The molecule has 0 aliphatic heterocycles. The maximum atomic E-state index is 16.9. The van der Waals surface area contributed by atoms with E-state index >= 15 is 8.78 Å². The van der Waals surface area contributed by atoms with Crippen molar-refractivity contribution >= 4 is 22.7 Å². The zero-order chi connectivity index (χ0) is 52.5. The number of hydrogen-bond donors (Lipinski definition) is 0. The molecule has 0 saturated carbocycles. The smallest absolute Gasteiger partial charge is 0.147 e. The Bertz CT molecular complexity index is 3960. The number of hydrogen-bond acceptors (Lipinski definition) is 2. The Morgan fingerprint density at radius 3 is 1.46 bits per heavy atom. The SMILES string of the molecule is Cc1ccc(C)c(-c2ccc(N(C3=C4C=CC5=C6C(=CC=C(C=C3)C46)C(N(c3ccccc3F)c3ccc(-c4cc(C)ccc4C)cc3-c3cc(C)ccc3C)C=C5)c3ccccc3F)c(-c3cc(C)ccc3C)c2)c1. The molecule has 4 aliphatic rings. The van der Waals surface area contributed by atoms with Gasteiger partial charge in [-0.2, -0.15) is 0 Å². The topological polar surface area (TPSA) is 6.48 Å². The number of nitrogens with zero attached hydrogens (tertiary/aromatic N) is 2. The van der Waals surface area contributed by atoms with E-state index in [0.29, 0.717) is 11.4 Å². The molecule has 0 bridgehead atoms. The molecule has 2 atom stereocenters. The highest BCUT2D eigenvalue weighted by Crippen LogP contribution is 2.54. The Morgan fingerprint density at radius 1 is 0.395 bits per heavy atom. The molecule has 12 rings (SSSR count). The van der Waals surface area contributed by atoms with E-state index in [4.69, 9.17) is 0 Å². The third-order valence-electron chi connectivity index (χ3n) is 16.0. The fourth-order valence-electron chi connectivity index (χ4n) is 12.0. The number of aryl methyl sites for hydroxylation is 8. The van der Waals surface area contributed by atoms with E-state index in [1.54, 1.807) is 24.3 Å². The van der Waals surface area contributed by atoms with Crippen LogP contribution in [0.5, 0.6) is 0 Å². The van der Waals surface area contributed by atoms with Gasteiger partial charge in [0.05, 0.1) is 28.8 Å². The maximum Gasteiger partial charge on any atom is 0.147 e. The van der Waals surface area contributed by atoms with Gasteiger partial charge in [0.2, 0.25) is 0 Å². The van der Waals surface area contributed by atoms with Crippen LogP contribution < -0.4 is 9.80 Å². The van der Waals surface area contributed by atoms with E-state index in [2.05, 4.69) is 223 Å². The summed E-state index contributed by atoms with van der Waals surface area (Å²) in [5, 5.41) is 0. The van der Waals surface area contributed by atoms with Crippen LogP contribution in [0, 0.1) is 72.9 Å². The molecule has 0 N–H and O–H groups in total. The maximum absolute atomic E-state index is 16.9. The van der Waals surface area contributed by atoms with Gasteiger partial charge in [0, 0.05) is 22.7 Å². The van der Waals surface area contributed by atoms with Crippen LogP contribution >= 0.6 is 0 Å². The molecular weight excluding hydrogens is 931 g/mol. The van der Waals surface area contributed by atoms with Crippen molar-refractivity contribution in [2.45, 2.75) is 61.4 Å². The molecule has 76 heavy (non-hydrogen) atoms. The summed E-state index contributed by atoms with van der Waals surface area (Å²) in [5.74, 6) is -0.804. The molecule has 0 heterocycles. The highest BCUT2D eigenvalue weighted by molar-refractivity contribution is 5.93. The molecule has 4 heteroatoms. The van der Waals surface area contributed by atoms with Gasteiger partial charge in [-0.15, -0.1) is 0 Å². The van der Waals surface area contributed by atoms with Gasteiger partial charge >= 0.3 is 0 Å². The van der Waals surface area contributed by atoms with E-state index in [9.17, 15) is 0 Å². The number of anilines is 4. The predicted octanol–water partition coefficient (Wildman–Crippen LogP) is 19.2. The summed E-state index contributed by atoms with van der Waals surface area (Å²) in [4.78, 5) is 4.36. The van der Waals surface area contributed by atoms with Crippen LogP contribution in [0.1, 0.15) is 44.5 Å². The lowest BCUT2D eigenvalue weighted by Gasteiger charge is -2.44. The zero-order valence-corrected chi connectivity index (χ0v) is 44.4. The van der Waals surface area contributed by atoms with E-state index in [-0.39, 0.29) is 17.6 Å². The molecule has 8 aromatic carbocycles. The van der Waals surface area contributed by atoms with E-state index in [0.717, 1.165) is 95.0 Å². The van der Waals surface area contributed by atoms with Crippen molar-refractivity contribution in [3.05, 3.63) is 296 Å². The van der Waals surface area contributed by atoms with Gasteiger partial charge in [-0.25, -0.2) is 8.78 Å². The lowest BCUT2D eigenvalue weighted by atomic mass is 9.67. The summed E-state index contributed by atoms with van der Waals surface area (Å²) in [6.45, 7) is 17.2. The predicted molar refractivity (Wildman–Crippen MR) is 315 cm³/mol. The van der Waals surface area contributed by atoms with Crippen LogP contribution in [0.15, 0.2) is 240 Å². The molecule has 2 unspecified atom stereocenters. The van der Waals surface area contributed by atoms with Crippen molar-refractivity contribution in [2.75, 3.05) is 9.80 Å². The lowest BCUT2D eigenvalue weighted by Crippen LogP contribution is -2.38. The molecule has 2 nitrogen and oxygen atoms in total. The molecule has 0 radical (unpaired) electrons. The Labute approximate surface area is 447 Å². The zero-order valence-electron chi connectivity index (χ0n) is 44.4. The fourth-order valence-corrected chi connectivity index (χ4v) is 12.0. The quantitative estimate of drug-likeness (QED) is 0.135. The number of allylic oxidation sites excluding steroid dienone is 10. The Hall–Kier alpha value is -8.60. The van der Waals surface area contributed by atoms with Gasteiger partial charge in [0.1, 0.15) is 11.6 Å². The summed E-state index contributed by atoms with van der Waals surface area (Å²) in [6, 6.07) is 53.7. The summed E-state index contributed by atoms with van der Waals surface area (Å²) >= 11 is 0. The highest BCUT2D eigenvalue weighted by atomic mass is 19.1. The van der Waals surface area contributed by atoms with E-state index in [1.165, 1.54) is 39.0 Å². The third-order valence-corrected chi connectivity index (χ3v) is 16.0. The largest absolute Gasteiger partial charge is 0.327 e. The summed E-state index contributed by atoms with van der Waals surface area (Å²) < 4.78 is 33.8. The monoisotopic (exact) mass is 990 g/mol. The minimum Gasteiger partial charge on any atom is -0.327 e. The summed E-state index contributed by atoms with van der Waals surface area (Å²) in [6.07, 6.45) is 17.8. The Balaban J connectivity index is 1.05. The van der Waals surface area contributed by atoms with E-state index in [1.807, 2.05) is 24.3 Å². The molecule has 0 fully saturated rings. The van der Waals surface area contributed by atoms with Crippen LogP contribution in [0.3, 0.4) is 0 Å². The molecule has 372 valence electrons. The molecular formula is C72H60F2N2. The van der Waals surface area contributed by atoms with Crippen molar-refractivity contribution in [2.24, 2.45) is 5.92 Å². The number of halogens is 2. The molecule has 4 aliphatic carbocycles. The van der Waals surface area contributed by atoms with Crippen molar-refractivity contribution in [1.82, 2.24) is 0 Å². The van der Waals surface area contributed by atoms with Crippen LogP contribution in [-0.4, -0.2) is 6.04 Å². The summed E-state index contributed by atoms with van der Waals surface area (Å²) in [7, 11) is 0. The first-order valence-corrected chi connectivity index (χ1v) is 26.4. The number of para-hydroxylation sites is 2. The van der Waals surface area contributed by atoms with E-state index < -0.39 is 6.04 Å². The van der Waals surface area contributed by atoms with Crippen LogP contribution in [0.25, 0.3) is 44.5 Å². The van der Waals surface area contributed by atoms with Crippen LogP contribution in [-0.2, 0) is 0 Å². The van der Waals surface area contributed by atoms with Gasteiger partial charge in [0.25, 0.3) is 0 Å². The van der Waals surface area contributed by atoms with Crippen LogP contribution in [0.4, 0.5) is 31.5 Å². The van der Waals surface area contributed by atoms with Gasteiger partial charge < -0.3 is 9.80 Å². The Kier molecular flexibility index (Phi) is 12.3. The summed E-state index contributed by atoms with van der Waals surface area (Å²) in [5.41, 5.74) is 27.3. The van der Waals surface area contributed by atoms with Crippen molar-refractivity contribution in [3.8, 4) is 44.5 Å². The second kappa shape index (κ2) is 19.3. The number of benzene rings is 8. The van der Waals surface area contributed by atoms with Gasteiger partial charge in [-0.1, -0.05) is 174 Å². The first kappa shape index (κ1) is 48.3. The molecule has 8 aromatic rings. The van der Waals surface area contributed by atoms with Gasteiger partial charge in [0.15, 0.2) is 0 Å². The normalized spacial score (nSPS) is 16.2. The fraction of sp³-hybridized carbons (Fsp3) is 0.139. The van der Waals surface area contributed by atoms with Gasteiger partial charge in [-0.3, -0.25) is 0 Å². The van der Waals surface area contributed by atoms with Gasteiger partial charge in [-0.05, 0) is 193 Å². The molecule has 0 spiro atoms. The Morgan fingerprint density at radius 2 is 0.895 bits per heavy atom. The second-order valence-electron chi connectivity index (χ2n) is 21.2. The van der Waals surface area contributed by atoms with Crippen molar-refractivity contribution in [3.63, 3.8) is 0 Å². The minimum absolute atomic E-state index is 0.187.